The number of hydrogen-bond donors (Lipinski definition) is 3. The zero-order valence-electron chi connectivity index (χ0n) is 12.6. The number of carbonyl (C=O) groups is 1. The van der Waals surface area contributed by atoms with Crippen molar-refractivity contribution in [2.45, 2.75) is 18.4 Å². The molecular formula is C13H16N6O4S. The van der Waals surface area contributed by atoms with Crippen molar-refractivity contribution in [2.75, 3.05) is 24.5 Å². The monoisotopic (exact) mass is 352 g/mol. The maximum Gasteiger partial charge on any atom is 0.419 e. The number of anilines is 1. The topological polar surface area (TPSA) is 132 Å². The quantitative estimate of drug-likeness (QED) is 0.715. The molecule has 2 aromatic rings. The van der Waals surface area contributed by atoms with Crippen LogP contribution in [-0.2, 0) is 10.2 Å². The lowest BCUT2D eigenvalue weighted by Crippen LogP contribution is -2.60. The highest BCUT2D eigenvalue weighted by atomic mass is 32.2. The number of rotatable bonds is 3. The van der Waals surface area contributed by atoms with Gasteiger partial charge in [-0.2, -0.15) is 12.7 Å². The van der Waals surface area contributed by atoms with Gasteiger partial charge in [0.15, 0.2) is 0 Å². The Labute approximate surface area is 137 Å². The van der Waals surface area contributed by atoms with Gasteiger partial charge in [0.1, 0.15) is 17.8 Å². The number of carboxylic acid groups (broad SMARTS) is 1. The molecule has 1 aliphatic carbocycles. The number of piperazine rings is 1. The summed E-state index contributed by atoms with van der Waals surface area (Å²) in [6.45, 7) is 1.11. The standard InChI is InChI=1S/C13H16N6O4S/c20-12(21)17-24(22,23)19-6-5-18(7-13(19)2-3-13)11-9-1-4-14-10(9)15-8-16-11/h1,4,8,17H,2-3,5-7H2,(H,20,21)(H,14,15,16). The molecule has 0 aromatic carbocycles. The van der Waals surface area contributed by atoms with Crippen LogP contribution in [0.15, 0.2) is 18.6 Å². The molecule has 3 N–H and O–H groups in total. The third-order valence-electron chi connectivity index (χ3n) is 4.55. The van der Waals surface area contributed by atoms with E-state index in [9.17, 15) is 13.2 Å². The summed E-state index contributed by atoms with van der Waals surface area (Å²) in [6, 6.07) is 1.89. The molecule has 3 heterocycles. The van der Waals surface area contributed by atoms with E-state index in [2.05, 4.69) is 15.0 Å². The second-order valence-electron chi connectivity index (χ2n) is 6.07. The highest BCUT2D eigenvalue weighted by Gasteiger charge is 2.56. The van der Waals surface area contributed by atoms with Crippen LogP contribution in [0.5, 0.6) is 0 Å². The molecule has 11 heteroatoms. The predicted octanol–water partition coefficient (Wildman–Crippen LogP) is 0.125. The van der Waals surface area contributed by atoms with Crippen LogP contribution in [0, 0.1) is 0 Å². The van der Waals surface area contributed by atoms with Crippen molar-refractivity contribution >= 4 is 33.2 Å². The van der Waals surface area contributed by atoms with Crippen molar-refractivity contribution in [3.8, 4) is 0 Å². The Kier molecular flexibility index (Phi) is 3.18. The van der Waals surface area contributed by atoms with Crippen molar-refractivity contribution in [2.24, 2.45) is 0 Å². The van der Waals surface area contributed by atoms with E-state index in [1.165, 1.54) is 10.6 Å². The second kappa shape index (κ2) is 5.05. The lowest BCUT2D eigenvalue weighted by molar-refractivity contribution is 0.198. The van der Waals surface area contributed by atoms with E-state index in [1.807, 2.05) is 11.0 Å². The molecule has 2 aromatic heterocycles. The lowest BCUT2D eigenvalue weighted by atomic mass is 10.2. The van der Waals surface area contributed by atoms with Crippen molar-refractivity contribution in [3.63, 3.8) is 0 Å². The molecule has 1 amide bonds. The van der Waals surface area contributed by atoms with Gasteiger partial charge in [0, 0.05) is 25.8 Å². The Morgan fingerprint density at radius 3 is 2.83 bits per heavy atom. The third-order valence-corrected chi connectivity index (χ3v) is 6.14. The molecule has 0 atom stereocenters. The smallest absolute Gasteiger partial charge is 0.419 e. The summed E-state index contributed by atoms with van der Waals surface area (Å²) in [4.78, 5) is 24.3. The van der Waals surface area contributed by atoms with Crippen LogP contribution < -0.4 is 9.62 Å². The van der Waals surface area contributed by atoms with E-state index in [0.717, 1.165) is 16.9 Å². The fourth-order valence-corrected chi connectivity index (χ4v) is 4.75. The SMILES string of the molecule is O=C(O)NS(=O)(=O)N1CCN(c2ncnc3[nH]ccc23)CC12CC2. The van der Waals surface area contributed by atoms with Gasteiger partial charge in [0.2, 0.25) is 0 Å². The third kappa shape index (κ3) is 2.36. The van der Waals surface area contributed by atoms with E-state index >= 15 is 0 Å². The Morgan fingerprint density at radius 1 is 1.33 bits per heavy atom. The number of aromatic amines is 1. The van der Waals surface area contributed by atoms with Gasteiger partial charge in [0.05, 0.1) is 10.9 Å². The molecule has 1 saturated heterocycles. The summed E-state index contributed by atoms with van der Waals surface area (Å²) in [5, 5.41) is 9.63. The van der Waals surface area contributed by atoms with E-state index in [-0.39, 0.29) is 6.54 Å². The highest BCUT2D eigenvalue weighted by molar-refractivity contribution is 7.87. The van der Waals surface area contributed by atoms with Crippen LogP contribution in [0.2, 0.25) is 0 Å². The van der Waals surface area contributed by atoms with Gasteiger partial charge >= 0.3 is 16.3 Å². The number of hydrogen-bond acceptors (Lipinski definition) is 6. The zero-order valence-corrected chi connectivity index (χ0v) is 13.5. The van der Waals surface area contributed by atoms with Crippen LogP contribution in [-0.4, -0.2) is 64.0 Å². The molecular weight excluding hydrogens is 336 g/mol. The molecule has 10 nitrogen and oxygen atoms in total. The first-order chi connectivity index (χ1) is 11.4. The molecule has 1 aliphatic heterocycles. The number of H-pyrrole nitrogens is 1. The summed E-state index contributed by atoms with van der Waals surface area (Å²) < 4.78 is 27.4. The molecule has 2 aliphatic rings. The van der Waals surface area contributed by atoms with Crippen LogP contribution >= 0.6 is 0 Å². The minimum atomic E-state index is -4.05. The molecule has 1 saturated carbocycles. The van der Waals surface area contributed by atoms with E-state index in [1.54, 1.807) is 10.9 Å². The fourth-order valence-electron chi connectivity index (χ4n) is 3.35. The summed E-state index contributed by atoms with van der Waals surface area (Å²) in [6.07, 6.45) is 3.09. The van der Waals surface area contributed by atoms with E-state index in [4.69, 9.17) is 5.11 Å². The van der Waals surface area contributed by atoms with Gasteiger partial charge in [-0.3, -0.25) is 0 Å². The van der Waals surface area contributed by atoms with Gasteiger partial charge in [0.25, 0.3) is 0 Å². The molecule has 0 unspecified atom stereocenters. The number of amides is 1. The van der Waals surface area contributed by atoms with Crippen LogP contribution in [0.25, 0.3) is 11.0 Å². The molecule has 0 radical (unpaired) electrons. The van der Waals surface area contributed by atoms with Crippen LogP contribution in [0.4, 0.5) is 10.6 Å². The highest BCUT2D eigenvalue weighted by Crippen LogP contribution is 2.46. The first-order valence-electron chi connectivity index (χ1n) is 7.48. The Balaban J connectivity index is 1.62. The average molecular weight is 352 g/mol. The molecule has 4 rings (SSSR count). The van der Waals surface area contributed by atoms with Gasteiger partial charge in [-0.25, -0.2) is 19.5 Å². The Hall–Kier alpha value is -2.40. The largest absolute Gasteiger partial charge is 0.464 e. The number of aromatic nitrogens is 3. The van der Waals surface area contributed by atoms with E-state index < -0.39 is 21.8 Å². The minimum Gasteiger partial charge on any atom is -0.464 e. The van der Waals surface area contributed by atoms with Crippen molar-refractivity contribution in [3.05, 3.63) is 18.6 Å². The molecule has 24 heavy (non-hydrogen) atoms. The van der Waals surface area contributed by atoms with Crippen molar-refractivity contribution in [1.29, 1.82) is 0 Å². The van der Waals surface area contributed by atoms with Crippen LogP contribution in [0.3, 0.4) is 0 Å². The molecule has 128 valence electrons. The van der Waals surface area contributed by atoms with Gasteiger partial charge in [-0.05, 0) is 18.9 Å². The Morgan fingerprint density at radius 2 is 2.12 bits per heavy atom. The summed E-state index contributed by atoms with van der Waals surface area (Å²) in [7, 11) is -4.05. The van der Waals surface area contributed by atoms with Crippen LogP contribution in [0.1, 0.15) is 12.8 Å². The molecule has 0 bridgehead atoms. The summed E-state index contributed by atoms with van der Waals surface area (Å²) >= 11 is 0. The first kappa shape index (κ1) is 15.1. The summed E-state index contributed by atoms with van der Waals surface area (Å²) in [5.74, 6) is 0.760. The zero-order chi connectivity index (χ0) is 16.9. The maximum absolute atomic E-state index is 12.3. The number of nitrogens with one attached hydrogen (secondary N) is 2. The molecule has 2 fully saturated rings. The Bertz CT molecular complexity index is 906. The fraction of sp³-hybridized carbons (Fsp3) is 0.462. The normalized spacial score (nSPS) is 20.4. The lowest BCUT2D eigenvalue weighted by Gasteiger charge is -2.41. The second-order valence-corrected chi connectivity index (χ2v) is 7.66. The van der Waals surface area contributed by atoms with Gasteiger partial charge < -0.3 is 15.0 Å². The van der Waals surface area contributed by atoms with E-state index in [0.29, 0.717) is 25.9 Å². The van der Waals surface area contributed by atoms with Gasteiger partial charge in [-0.1, -0.05) is 0 Å². The van der Waals surface area contributed by atoms with Gasteiger partial charge in [-0.15, -0.1) is 0 Å². The predicted molar refractivity (Wildman–Crippen MR) is 84.9 cm³/mol. The average Bonchev–Trinajstić information content (AvgIpc) is 3.09. The van der Waals surface area contributed by atoms with Crippen molar-refractivity contribution < 1.29 is 18.3 Å². The van der Waals surface area contributed by atoms with Crippen molar-refractivity contribution in [1.82, 2.24) is 24.0 Å². The minimum absolute atomic E-state index is 0.207. The molecule has 1 spiro atoms. The first-order valence-corrected chi connectivity index (χ1v) is 8.92. The number of nitrogens with zero attached hydrogens (tertiary/aromatic N) is 4. The summed E-state index contributed by atoms with van der Waals surface area (Å²) in [5.41, 5.74) is 0.167. The maximum atomic E-state index is 12.3. The number of fused-ring (bicyclic) bond motifs is 1.